The van der Waals surface area contributed by atoms with Crippen molar-refractivity contribution in [2.45, 2.75) is 32.1 Å². The summed E-state index contributed by atoms with van der Waals surface area (Å²) in [6.07, 6.45) is 7.51. The van der Waals surface area contributed by atoms with Crippen LogP contribution in [0.1, 0.15) is 42.5 Å². The molecule has 6 heteroatoms. The van der Waals surface area contributed by atoms with Gasteiger partial charge in [-0.25, -0.2) is 0 Å². The Hall–Kier alpha value is -2.63. The Bertz CT molecular complexity index is 722. The first-order valence-electron chi connectivity index (χ1n) is 9.15. The van der Waals surface area contributed by atoms with E-state index in [0.717, 1.165) is 32.4 Å². The normalized spacial score (nSPS) is 22.7. The van der Waals surface area contributed by atoms with Crippen molar-refractivity contribution < 1.29 is 19.5 Å². The summed E-state index contributed by atoms with van der Waals surface area (Å²) in [4.78, 5) is 38.8. The van der Waals surface area contributed by atoms with Gasteiger partial charge in [-0.2, -0.15) is 0 Å². The third-order valence-corrected chi connectivity index (χ3v) is 5.14. The molecule has 0 aromatic heterocycles. The molecule has 26 heavy (non-hydrogen) atoms. The zero-order valence-corrected chi connectivity index (χ0v) is 14.7. The lowest BCUT2D eigenvalue weighted by molar-refractivity contribution is -0.146. The molecule has 2 aliphatic rings. The number of carboxylic acids is 1. The molecule has 0 spiro atoms. The van der Waals surface area contributed by atoms with E-state index in [2.05, 4.69) is 5.32 Å². The van der Waals surface area contributed by atoms with Crippen LogP contribution in [0.2, 0.25) is 0 Å². The van der Waals surface area contributed by atoms with Gasteiger partial charge in [0.15, 0.2) is 0 Å². The van der Waals surface area contributed by atoms with Crippen molar-refractivity contribution in [2.75, 3.05) is 18.4 Å². The summed E-state index contributed by atoms with van der Waals surface area (Å²) in [5.41, 5.74) is 0.910. The number of rotatable bonds is 4. The smallest absolute Gasteiger partial charge is 0.307 e. The van der Waals surface area contributed by atoms with E-state index >= 15 is 0 Å². The molecule has 2 amide bonds. The fraction of sp³-hybridized carbons (Fsp3) is 0.450. The van der Waals surface area contributed by atoms with Crippen molar-refractivity contribution in [2.24, 2.45) is 11.8 Å². The van der Waals surface area contributed by atoms with Crippen molar-refractivity contribution in [3.05, 3.63) is 42.0 Å². The summed E-state index contributed by atoms with van der Waals surface area (Å²) < 4.78 is 0. The molecule has 0 unspecified atom stereocenters. The fourth-order valence-corrected chi connectivity index (χ4v) is 3.65. The molecule has 1 aliphatic carbocycles. The standard InChI is InChI=1S/C20H24N2O4/c23-18(14-8-2-3-9-15(14)20(25)26)21-17-11-5-4-10-16(17)19(24)22-12-6-1-7-13-22/h2-5,10-11,14-15H,1,6-9,12-13H2,(H,21,23)(H,25,26)/t14-,15+/m1/s1. The Kier molecular flexibility index (Phi) is 5.71. The average molecular weight is 356 g/mol. The van der Waals surface area contributed by atoms with Crippen molar-refractivity contribution >= 4 is 23.5 Å². The molecule has 1 heterocycles. The average Bonchev–Trinajstić information content (AvgIpc) is 2.68. The van der Waals surface area contributed by atoms with Gasteiger partial charge in [-0.3, -0.25) is 14.4 Å². The number of carboxylic acid groups (broad SMARTS) is 1. The summed E-state index contributed by atoms with van der Waals surface area (Å²) in [6.45, 7) is 1.46. The number of anilines is 1. The highest BCUT2D eigenvalue weighted by molar-refractivity contribution is 6.04. The van der Waals surface area contributed by atoms with Crippen LogP contribution in [-0.2, 0) is 9.59 Å². The summed E-state index contributed by atoms with van der Waals surface area (Å²) in [6, 6.07) is 6.94. The quantitative estimate of drug-likeness (QED) is 0.812. The molecule has 1 aliphatic heterocycles. The van der Waals surface area contributed by atoms with Gasteiger partial charge in [-0.1, -0.05) is 24.3 Å². The first-order valence-corrected chi connectivity index (χ1v) is 9.15. The number of hydrogen-bond acceptors (Lipinski definition) is 3. The summed E-state index contributed by atoms with van der Waals surface area (Å²) in [7, 11) is 0. The third-order valence-electron chi connectivity index (χ3n) is 5.14. The van der Waals surface area contributed by atoms with Crippen LogP contribution < -0.4 is 5.32 Å². The minimum absolute atomic E-state index is 0.0843. The highest BCUT2D eigenvalue weighted by Gasteiger charge is 2.34. The van der Waals surface area contributed by atoms with E-state index in [0.29, 0.717) is 24.1 Å². The maximum atomic E-state index is 12.8. The first kappa shape index (κ1) is 18.2. The maximum absolute atomic E-state index is 12.8. The van der Waals surface area contributed by atoms with Crippen molar-refractivity contribution in [1.82, 2.24) is 4.90 Å². The lowest BCUT2D eigenvalue weighted by Crippen LogP contribution is -2.37. The fourth-order valence-electron chi connectivity index (χ4n) is 3.65. The van der Waals surface area contributed by atoms with Gasteiger partial charge in [0.1, 0.15) is 0 Å². The number of hydrogen-bond donors (Lipinski definition) is 2. The molecule has 0 radical (unpaired) electrons. The Morgan fingerprint density at radius 1 is 0.962 bits per heavy atom. The largest absolute Gasteiger partial charge is 0.481 e. The summed E-state index contributed by atoms with van der Waals surface area (Å²) in [5.74, 6) is -2.76. The molecular formula is C20H24N2O4. The number of aliphatic carboxylic acids is 1. The van der Waals surface area contributed by atoms with Crippen LogP contribution >= 0.6 is 0 Å². The van der Waals surface area contributed by atoms with Gasteiger partial charge in [0.05, 0.1) is 23.1 Å². The zero-order valence-electron chi connectivity index (χ0n) is 14.7. The van der Waals surface area contributed by atoms with Crippen LogP contribution in [0.4, 0.5) is 5.69 Å². The monoisotopic (exact) mass is 356 g/mol. The molecule has 3 rings (SSSR count). The van der Waals surface area contributed by atoms with E-state index in [4.69, 9.17) is 0 Å². The number of nitrogens with one attached hydrogen (secondary N) is 1. The number of para-hydroxylation sites is 1. The van der Waals surface area contributed by atoms with E-state index < -0.39 is 17.8 Å². The van der Waals surface area contributed by atoms with Gasteiger partial charge in [0.2, 0.25) is 5.91 Å². The number of piperidine rings is 1. The van der Waals surface area contributed by atoms with Gasteiger partial charge >= 0.3 is 5.97 Å². The van der Waals surface area contributed by atoms with E-state index in [-0.39, 0.29) is 11.8 Å². The van der Waals surface area contributed by atoms with E-state index in [1.54, 1.807) is 30.3 Å². The number of carbonyl (C=O) groups excluding carboxylic acids is 2. The molecule has 0 bridgehead atoms. The number of carbonyl (C=O) groups is 3. The summed E-state index contributed by atoms with van der Waals surface area (Å²) >= 11 is 0. The Labute approximate surface area is 152 Å². The predicted molar refractivity (Wildman–Crippen MR) is 97.8 cm³/mol. The molecule has 1 aromatic carbocycles. The molecule has 1 saturated heterocycles. The van der Waals surface area contributed by atoms with Gasteiger partial charge < -0.3 is 15.3 Å². The van der Waals surface area contributed by atoms with Crippen molar-refractivity contribution in [1.29, 1.82) is 0 Å². The van der Waals surface area contributed by atoms with Gasteiger partial charge in [0, 0.05) is 13.1 Å². The Balaban J connectivity index is 1.77. The minimum Gasteiger partial charge on any atom is -0.481 e. The first-order chi connectivity index (χ1) is 12.6. The number of benzene rings is 1. The van der Waals surface area contributed by atoms with E-state index in [1.165, 1.54) is 0 Å². The highest BCUT2D eigenvalue weighted by Crippen LogP contribution is 2.28. The second kappa shape index (κ2) is 8.17. The van der Waals surface area contributed by atoms with Crippen molar-refractivity contribution in [3.8, 4) is 0 Å². The number of nitrogens with zero attached hydrogens (tertiary/aromatic N) is 1. The Morgan fingerprint density at radius 2 is 1.62 bits per heavy atom. The predicted octanol–water partition coefficient (Wildman–Crippen LogP) is 2.92. The van der Waals surface area contributed by atoms with E-state index in [1.807, 2.05) is 11.0 Å². The summed E-state index contributed by atoms with van der Waals surface area (Å²) in [5, 5.41) is 12.2. The van der Waals surface area contributed by atoms with Crippen LogP contribution in [0.5, 0.6) is 0 Å². The number of allylic oxidation sites excluding steroid dienone is 2. The van der Waals surface area contributed by atoms with Gasteiger partial charge in [-0.05, 0) is 44.2 Å². The van der Waals surface area contributed by atoms with Crippen LogP contribution in [-0.4, -0.2) is 40.9 Å². The van der Waals surface area contributed by atoms with Crippen LogP contribution in [0.15, 0.2) is 36.4 Å². The van der Waals surface area contributed by atoms with Gasteiger partial charge in [0.25, 0.3) is 5.91 Å². The van der Waals surface area contributed by atoms with Crippen LogP contribution in [0.25, 0.3) is 0 Å². The SMILES string of the molecule is O=C(O)[C@H]1CC=CC[C@H]1C(=O)Nc1ccccc1C(=O)N1CCCCC1. The lowest BCUT2D eigenvalue weighted by Gasteiger charge is -2.28. The van der Waals surface area contributed by atoms with E-state index in [9.17, 15) is 19.5 Å². The molecule has 138 valence electrons. The second-order valence-corrected chi connectivity index (χ2v) is 6.88. The molecular weight excluding hydrogens is 332 g/mol. The number of amides is 2. The Morgan fingerprint density at radius 3 is 2.31 bits per heavy atom. The van der Waals surface area contributed by atoms with Crippen LogP contribution in [0, 0.1) is 11.8 Å². The molecule has 2 N–H and O–H groups in total. The maximum Gasteiger partial charge on any atom is 0.307 e. The topological polar surface area (TPSA) is 86.7 Å². The second-order valence-electron chi connectivity index (χ2n) is 6.88. The molecule has 6 nitrogen and oxygen atoms in total. The number of likely N-dealkylation sites (tertiary alicyclic amines) is 1. The molecule has 0 saturated carbocycles. The highest BCUT2D eigenvalue weighted by atomic mass is 16.4. The van der Waals surface area contributed by atoms with Crippen LogP contribution in [0.3, 0.4) is 0 Å². The molecule has 1 aromatic rings. The molecule has 1 fully saturated rings. The van der Waals surface area contributed by atoms with Crippen molar-refractivity contribution in [3.63, 3.8) is 0 Å². The molecule has 2 atom stereocenters. The third kappa shape index (κ3) is 3.95. The van der Waals surface area contributed by atoms with Gasteiger partial charge in [-0.15, -0.1) is 0 Å². The zero-order chi connectivity index (χ0) is 18.5. The minimum atomic E-state index is -0.966. The lowest BCUT2D eigenvalue weighted by atomic mass is 9.82.